The minimum Gasteiger partial charge on any atom is -0.348 e. The molecule has 1 aliphatic heterocycles. The number of nitrogens with zero attached hydrogens (tertiary/aromatic N) is 2. The first-order valence-electron chi connectivity index (χ1n) is 10.3. The molecule has 1 aliphatic rings. The summed E-state index contributed by atoms with van der Waals surface area (Å²) in [7, 11) is 0. The largest absolute Gasteiger partial charge is 0.348 e. The van der Waals surface area contributed by atoms with Crippen LogP contribution in [0.2, 0.25) is 10.0 Å². The normalized spacial score (nSPS) is 17.0. The first-order valence-corrected chi connectivity index (χ1v) is 12.1. The molecule has 0 saturated heterocycles. The molecule has 0 radical (unpaired) electrons. The Morgan fingerprint density at radius 3 is 2.63 bits per heavy atom. The van der Waals surface area contributed by atoms with Gasteiger partial charge in [0.1, 0.15) is 5.71 Å². The molecule has 3 rings (SSSR count). The van der Waals surface area contributed by atoms with Gasteiger partial charge in [0, 0.05) is 21.1 Å². The first-order chi connectivity index (χ1) is 14.4. The van der Waals surface area contributed by atoms with E-state index in [-0.39, 0.29) is 18.0 Å². The Hall–Kier alpha value is -1.31. The fourth-order valence-electron chi connectivity index (χ4n) is 3.56. The highest BCUT2D eigenvalue weighted by Gasteiger charge is 2.33. The third kappa shape index (κ3) is 5.89. The van der Waals surface area contributed by atoms with Crippen molar-refractivity contribution in [3.8, 4) is 0 Å². The van der Waals surface area contributed by atoms with Crippen LogP contribution in [0, 0.1) is 3.57 Å². The molecule has 1 N–H and O–H groups in total. The van der Waals surface area contributed by atoms with Crippen LogP contribution in [-0.4, -0.2) is 17.7 Å². The SMILES string of the molecule is CCCCCC(C)NC(=O)C1=NN(c2ccc(Cl)cc2Cl)C(c2ccc(I)cc2)C1. The molecular formula is C23H26Cl2IN3O. The second kappa shape index (κ2) is 10.8. The van der Waals surface area contributed by atoms with Gasteiger partial charge in [-0.25, -0.2) is 0 Å². The smallest absolute Gasteiger partial charge is 0.267 e. The molecule has 0 spiro atoms. The Bertz CT molecular complexity index is 917. The van der Waals surface area contributed by atoms with Crippen LogP contribution in [0.25, 0.3) is 0 Å². The van der Waals surface area contributed by atoms with Crippen LogP contribution in [0.5, 0.6) is 0 Å². The van der Waals surface area contributed by atoms with Crippen molar-refractivity contribution in [1.82, 2.24) is 5.32 Å². The van der Waals surface area contributed by atoms with E-state index in [1.54, 1.807) is 12.1 Å². The van der Waals surface area contributed by atoms with Crippen LogP contribution >= 0.6 is 45.8 Å². The number of anilines is 1. The lowest BCUT2D eigenvalue weighted by atomic mass is 10.0. The molecule has 160 valence electrons. The summed E-state index contributed by atoms with van der Waals surface area (Å²) in [5.74, 6) is -0.109. The standard InChI is InChI=1S/C23H26Cl2IN3O/c1-3-4-5-6-15(2)27-23(30)20-14-22(16-7-10-18(26)11-8-16)29(28-20)21-12-9-17(24)13-19(21)25/h7-13,15,22H,3-6,14H2,1-2H3,(H,27,30). The van der Waals surface area contributed by atoms with Crippen molar-refractivity contribution in [2.45, 2.75) is 58.0 Å². The van der Waals surface area contributed by atoms with Gasteiger partial charge >= 0.3 is 0 Å². The lowest BCUT2D eigenvalue weighted by Gasteiger charge is -2.25. The second-order valence-electron chi connectivity index (χ2n) is 7.63. The van der Waals surface area contributed by atoms with Gasteiger partial charge in [-0.2, -0.15) is 5.10 Å². The molecular weight excluding hydrogens is 532 g/mol. The molecule has 0 saturated carbocycles. The number of carbonyl (C=O) groups is 1. The van der Waals surface area contributed by atoms with E-state index in [1.165, 1.54) is 12.8 Å². The predicted molar refractivity (Wildman–Crippen MR) is 135 cm³/mol. The zero-order valence-electron chi connectivity index (χ0n) is 17.2. The molecule has 2 atom stereocenters. The van der Waals surface area contributed by atoms with Crippen molar-refractivity contribution in [2.24, 2.45) is 5.10 Å². The van der Waals surface area contributed by atoms with E-state index in [4.69, 9.17) is 23.2 Å². The van der Waals surface area contributed by atoms with Gasteiger partial charge in [-0.05, 0) is 71.8 Å². The van der Waals surface area contributed by atoms with Crippen molar-refractivity contribution in [1.29, 1.82) is 0 Å². The minimum absolute atomic E-state index is 0.100. The molecule has 2 aromatic carbocycles. The van der Waals surface area contributed by atoms with Gasteiger partial charge in [0.15, 0.2) is 0 Å². The van der Waals surface area contributed by atoms with Gasteiger partial charge in [0.25, 0.3) is 5.91 Å². The van der Waals surface area contributed by atoms with Gasteiger partial charge in [-0.1, -0.05) is 61.5 Å². The predicted octanol–water partition coefficient (Wildman–Crippen LogP) is 6.99. The summed E-state index contributed by atoms with van der Waals surface area (Å²) in [5.41, 5.74) is 2.35. The van der Waals surface area contributed by atoms with Crippen LogP contribution in [0.15, 0.2) is 47.6 Å². The maximum absolute atomic E-state index is 12.9. The van der Waals surface area contributed by atoms with E-state index in [9.17, 15) is 4.79 Å². The monoisotopic (exact) mass is 557 g/mol. The molecule has 0 bridgehead atoms. The lowest BCUT2D eigenvalue weighted by molar-refractivity contribution is -0.115. The van der Waals surface area contributed by atoms with Crippen LogP contribution in [0.1, 0.15) is 57.6 Å². The van der Waals surface area contributed by atoms with E-state index in [0.717, 1.165) is 27.7 Å². The first kappa shape index (κ1) is 23.4. The van der Waals surface area contributed by atoms with Gasteiger partial charge in [-0.15, -0.1) is 0 Å². The van der Waals surface area contributed by atoms with Crippen LogP contribution in [0.3, 0.4) is 0 Å². The highest BCUT2D eigenvalue weighted by atomic mass is 127. The van der Waals surface area contributed by atoms with Gasteiger partial charge in [0.05, 0.1) is 16.8 Å². The summed E-state index contributed by atoms with van der Waals surface area (Å²) in [6.07, 6.45) is 4.95. The summed E-state index contributed by atoms with van der Waals surface area (Å²) in [6, 6.07) is 13.6. The molecule has 0 fully saturated rings. The summed E-state index contributed by atoms with van der Waals surface area (Å²) in [5, 5.41) is 10.7. The molecule has 7 heteroatoms. The van der Waals surface area contributed by atoms with Crippen LogP contribution < -0.4 is 10.3 Å². The topological polar surface area (TPSA) is 44.7 Å². The maximum Gasteiger partial charge on any atom is 0.267 e. The highest BCUT2D eigenvalue weighted by Crippen LogP contribution is 2.39. The zero-order chi connectivity index (χ0) is 21.7. The summed E-state index contributed by atoms with van der Waals surface area (Å²) < 4.78 is 1.16. The molecule has 0 aliphatic carbocycles. The summed E-state index contributed by atoms with van der Waals surface area (Å²) >= 11 is 14.8. The minimum atomic E-state index is -0.109. The lowest BCUT2D eigenvalue weighted by Crippen LogP contribution is -2.37. The number of nitrogens with one attached hydrogen (secondary N) is 1. The Morgan fingerprint density at radius 2 is 1.97 bits per heavy atom. The van der Waals surface area contributed by atoms with E-state index in [0.29, 0.717) is 22.2 Å². The van der Waals surface area contributed by atoms with Crippen molar-refractivity contribution >= 4 is 63.1 Å². The number of hydrogen-bond donors (Lipinski definition) is 1. The summed E-state index contributed by atoms with van der Waals surface area (Å²) in [6.45, 7) is 4.23. The Balaban J connectivity index is 1.84. The maximum atomic E-state index is 12.9. The molecule has 0 aromatic heterocycles. The Labute approximate surface area is 202 Å². The van der Waals surface area contributed by atoms with Crippen molar-refractivity contribution in [2.75, 3.05) is 5.01 Å². The summed E-state index contributed by atoms with van der Waals surface area (Å²) in [4.78, 5) is 12.9. The Kier molecular flexibility index (Phi) is 8.43. The van der Waals surface area contributed by atoms with Gasteiger partial charge < -0.3 is 5.32 Å². The zero-order valence-corrected chi connectivity index (χ0v) is 20.8. The quantitative estimate of drug-likeness (QED) is 0.281. The third-order valence-corrected chi connectivity index (χ3v) is 6.46. The third-order valence-electron chi connectivity index (χ3n) is 5.20. The fraction of sp³-hybridized carbons (Fsp3) is 0.391. The Morgan fingerprint density at radius 1 is 1.23 bits per heavy atom. The molecule has 1 heterocycles. The van der Waals surface area contributed by atoms with Crippen molar-refractivity contribution in [3.05, 3.63) is 61.6 Å². The molecule has 30 heavy (non-hydrogen) atoms. The number of halogens is 3. The molecule has 2 unspecified atom stereocenters. The van der Waals surface area contributed by atoms with E-state index < -0.39 is 0 Å². The number of hydrazone groups is 1. The fourth-order valence-corrected chi connectivity index (χ4v) is 4.42. The molecule has 2 aromatic rings. The number of carbonyl (C=O) groups excluding carboxylic acids is 1. The number of benzene rings is 2. The average molecular weight is 558 g/mol. The highest BCUT2D eigenvalue weighted by molar-refractivity contribution is 14.1. The van der Waals surface area contributed by atoms with Crippen molar-refractivity contribution in [3.63, 3.8) is 0 Å². The van der Waals surface area contributed by atoms with E-state index >= 15 is 0 Å². The van der Waals surface area contributed by atoms with E-state index in [1.807, 2.05) is 18.0 Å². The van der Waals surface area contributed by atoms with Crippen molar-refractivity contribution < 1.29 is 4.79 Å². The number of unbranched alkanes of at least 4 members (excludes halogenated alkanes) is 2. The van der Waals surface area contributed by atoms with Gasteiger partial charge in [-0.3, -0.25) is 9.80 Å². The van der Waals surface area contributed by atoms with E-state index in [2.05, 4.69) is 64.2 Å². The number of rotatable bonds is 8. The average Bonchev–Trinajstić information content (AvgIpc) is 3.14. The number of hydrogen-bond acceptors (Lipinski definition) is 3. The van der Waals surface area contributed by atoms with Crippen LogP contribution in [-0.2, 0) is 4.79 Å². The van der Waals surface area contributed by atoms with Gasteiger partial charge in [0.2, 0.25) is 0 Å². The number of amides is 1. The molecule has 4 nitrogen and oxygen atoms in total. The molecule has 1 amide bonds. The second-order valence-corrected chi connectivity index (χ2v) is 9.72. The van der Waals surface area contributed by atoms with Crippen LogP contribution in [0.4, 0.5) is 5.69 Å².